The minimum Gasteiger partial charge on any atom is -0.380 e. The number of hydrogen-bond acceptors (Lipinski definition) is 2. The summed E-state index contributed by atoms with van der Waals surface area (Å²) in [4.78, 5) is 7.62. The molecule has 0 spiro atoms. The first-order chi connectivity index (χ1) is 6.02. The fourth-order valence-electron chi connectivity index (χ4n) is 0.981. The first-order valence-electron chi connectivity index (χ1n) is 3.99. The summed E-state index contributed by atoms with van der Waals surface area (Å²) in [6.07, 6.45) is 0. The Morgan fingerprint density at radius 2 is 2.00 bits per heavy atom. The van der Waals surface area contributed by atoms with Crippen molar-refractivity contribution < 1.29 is 4.74 Å². The normalized spacial score (nSPS) is 20.5. The summed E-state index contributed by atoms with van der Waals surface area (Å²) in [5, 5.41) is 0. The van der Waals surface area contributed by atoms with E-state index in [2.05, 4.69) is 16.9 Å². The van der Waals surface area contributed by atoms with Crippen molar-refractivity contribution in [3.63, 3.8) is 0 Å². The number of ether oxygens (including phenoxy) is 1. The molecular weight excluding hydrogens is 170 g/mol. The number of hydrogen-bond donors (Lipinski definition) is 3. The molecular formula is C7H15N5O. The summed E-state index contributed by atoms with van der Waals surface area (Å²) in [6, 6.07) is 0. The number of aliphatic imine (C=N–C) groups is 2. The van der Waals surface area contributed by atoms with Crippen LogP contribution in [0.2, 0.25) is 0 Å². The van der Waals surface area contributed by atoms with Crippen molar-refractivity contribution in [2.45, 2.75) is 6.92 Å². The van der Waals surface area contributed by atoms with E-state index in [0.29, 0.717) is 19.8 Å². The maximum Gasteiger partial charge on any atom is 0.218 e. The number of guanidine groups is 2. The van der Waals surface area contributed by atoms with Gasteiger partial charge in [0.1, 0.15) is 0 Å². The van der Waals surface area contributed by atoms with Gasteiger partial charge in [-0.25, -0.2) is 0 Å². The Morgan fingerprint density at radius 1 is 1.38 bits per heavy atom. The van der Waals surface area contributed by atoms with Crippen molar-refractivity contribution in [1.29, 1.82) is 0 Å². The quantitative estimate of drug-likeness (QED) is 0.363. The maximum absolute atomic E-state index is 5.42. The second-order valence-electron chi connectivity index (χ2n) is 3.51. The second kappa shape index (κ2) is 3.61. The van der Waals surface area contributed by atoms with Crippen molar-refractivity contribution in [3.8, 4) is 0 Å². The van der Waals surface area contributed by atoms with Crippen molar-refractivity contribution in [1.82, 2.24) is 0 Å². The zero-order valence-electron chi connectivity index (χ0n) is 7.66. The predicted octanol–water partition coefficient (Wildman–Crippen LogP) is -1.39. The summed E-state index contributed by atoms with van der Waals surface area (Å²) >= 11 is 0. The summed E-state index contributed by atoms with van der Waals surface area (Å²) in [5.41, 5.74) is 15.8. The van der Waals surface area contributed by atoms with Crippen LogP contribution in [0.4, 0.5) is 0 Å². The molecule has 1 fully saturated rings. The molecule has 13 heavy (non-hydrogen) atoms. The number of rotatable bonds is 2. The molecule has 0 atom stereocenters. The minimum absolute atomic E-state index is 0.0729. The lowest BCUT2D eigenvalue weighted by atomic mass is 9.89. The Bertz CT molecular complexity index is 239. The lowest BCUT2D eigenvalue weighted by Gasteiger charge is -2.36. The van der Waals surface area contributed by atoms with E-state index >= 15 is 0 Å². The van der Waals surface area contributed by atoms with Gasteiger partial charge in [-0.1, -0.05) is 6.92 Å². The minimum atomic E-state index is -0.0729. The molecule has 0 aromatic rings. The van der Waals surface area contributed by atoms with Crippen LogP contribution in [-0.2, 0) is 4.74 Å². The monoisotopic (exact) mass is 185 g/mol. The van der Waals surface area contributed by atoms with Crippen molar-refractivity contribution in [2.75, 3.05) is 19.8 Å². The van der Waals surface area contributed by atoms with E-state index in [0.717, 1.165) is 0 Å². The third-order valence-corrected chi connectivity index (χ3v) is 1.77. The van der Waals surface area contributed by atoms with Crippen LogP contribution < -0.4 is 17.2 Å². The van der Waals surface area contributed by atoms with Crippen LogP contribution in [0.15, 0.2) is 9.98 Å². The zero-order chi connectivity index (χ0) is 9.90. The highest BCUT2D eigenvalue weighted by Crippen LogP contribution is 2.26. The SMILES string of the molecule is CC1(CN=C(N)N=C(N)N)COC1. The lowest BCUT2D eigenvalue weighted by Crippen LogP contribution is -2.42. The fraction of sp³-hybridized carbons (Fsp3) is 0.714. The zero-order valence-corrected chi connectivity index (χ0v) is 7.66. The van der Waals surface area contributed by atoms with Gasteiger partial charge in [0, 0.05) is 5.41 Å². The van der Waals surface area contributed by atoms with E-state index in [-0.39, 0.29) is 17.3 Å². The third kappa shape index (κ3) is 2.90. The van der Waals surface area contributed by atoms with Crippen LogP contribution in [0, 0.1) is 5.41 Å². The number of nitrogens with two attached hydrogens (primary N) is 3. The van der Waals surface area contributed by atoms with E-state index in [9.17, 15) is 0 Å². The first-order valence-corrected chi connectivity index (χ1v) is 3.99. The molecule has 1 rings (SSSR count). The van der Waals surface area contributed by atoms with Gasteiger partial charge < -0.3 is 21.9 Å². The highest BCUT2D eigenvalue weighted by Gasteiger charge is 2.32. The molecule has 1 heterocycles. The highest BCUT2D eigenvalue weighted by molar-refractivity contribution is 5.92. The van der Waals surface area contributed by atoms with E-state index in [1.54, 1.807) is 0 Å². The first kappa shape index (κ1) is 9.79. The van der Waals surface area contributed by atoms with Gasteiger partial charge in [0.25, 0.3) is 0 Å². The molecule has 6 nitrogen and oxygen atoms in total. The van der Waals surface area contributed by atoms with Crippen LogP contribution in [-0.4, -0.2) is 31.7 Å². The fourth-order valence-corrected chi connectivity index (χ4v) is 0.981. The molecule has 0 bridgehead atoms. The number of nitrogens with zero attached hydrogens (tertiary/aromatic N) is 2. The van der Waals surface area contributed by atoms with Gasteiger partial charge in [0.15, 0.2) is 5.96 Å². The summed E-state index contributed by atoms with van der Waals surface area (Å²) in [6.45, 7) is 4.09. The average Bonchev–Trinajstić information content (AvgIpc) is 1.96. The molecule has 6 heteroatoms. The molecule has 0 saturated carbocycles. The smallest absolute Gasteiger partial charge is 0.218 e. The van der Waals surface area contributed by atoms with Gasteiger partial charge >= 0.3 is 0 Å². The van der Waals surface area contributed by atoms with Gasteiger partial charge in [-0.2, -0.15) is 4.99 Å². The molecule has 0 amide bonds. The van der Waals surface area contributed by atoms with Gasteiger partial charge in [-0.15, -0.1) is 0 Å². The lowest BCUT2D eigenvalue weighted by molar-refractivity contribution is -0.0944. The van der Waals surface area contributed by atoms with Crippen LogP contribution in [0.25, 0.3) is 0 Å². The summed E-state index contributed by atoms with van der Waals surface area (Å²) < 4.78 is 5.06. The molecule has 1 aliphatic rings. The maximum atomic E-state index is 5.42. The van der Waals surface area contributed by atoms with Gasteiger partial charge in [-0.3, -0.25) is 4.99 Å². The van der Waals surface area contributed by atoms with Gasteiger partial charge in [0.2, 0.25) is 5.96 Å². The van der Waals surface area contributed by atoms with E-state index in [1.807, 2.05) is 0 Å². The highest BCUT2D eigenvalue weighted by atomic mass is 16.5. The molecule has 1 aliphatic heterocycles. The Kier molecular flexibility index (Phi) is 2.72. The van der Waals surface area contributed by atoms with Crippen LogP contribution >= 0.6 is 0 Å². The summed E-state index contributed by atoms with van der Waals surface area (Å²) in [5.74, 6) is 0.0457. The molecule has 0 aromatic heterocycles. The van der Waals surface area contributed by atoms with Crippen LogP contribution in [0.5, 0.6) is 0 Å². The van der Waals surface area contributed by atoms with E-state index in [4.69, 9.17) is 21.9 Å². The van der Waals surface area contributed by atoms with Gasteiger partial charge in [0.05, 0.1) is 19.8 Å². The molecule has 0 aliphatic carbocycles. The molecule has 0 unspecified atom stereocenters. The Balaban J connectivity index is 2.43. The predicted molar refractivity (Wildman–Crippen MR) is 51.2 cm³/mol. The molecule has 1 saturated heterocycles. The standard InChI is InChI=1S/C7H15N5O/c1-7(3-13-4-7)2-11-6(10)12-5(8)9/h2-4H2,1H3,(H6,8,9,10,11,12). The van der Waals surface area contributed by atoms with Crippen LogP contribution in [0.3, 0.4) is 0 Å². The Hall–Kier alpha value is -1.30. The topological polar surface area (TPSA) is 112 Å². The largest absolute Gasteiger partial charge is 0.380 e. The van der Waals surface area contributed by atoms with E-state index < -0.39 is 0 Å². The Labute approximate surface area is 76.8 Å². The molecule has 74 valence electrons. The van der Waals surface area contributed by atoms with Crippen LogP contribution in [0.1, 0.15) is 6.92 Å². The van der Waals surface area contributed by atoms with Crippen molar-refractivity contribution in [3.05, 3.63) is 0 Å². The molecule has 6 N–H and O–H groups in total. The third-order valence-electron chi connectivity index (χ3n) is 1.77. The second-order valence-corrected chi connectivity index (χ2v) is 3.51. The van der Waals surface area contributed by atoms with E-state index in [1.165, 1.54) is 0 Å². The molecule has 0 aromatic carbocycles. The average molecular weight is 185 g/mol. The van der Waals surface area contributed by atoms with Crippen molar-refractivity contribution >= 4 is 11.9 Å². The molecule has 0 radical (unpaired) electrons. The summed E-state index contributed by atoms with van der Waals surface area (Å²) in [7, 11) is 0. The Morgan fingerprint density at radius 3 is 2.38 bits per heavy atom. The van der Waals surface area contributed by atoms with Crippen molar-refractivity contribution in [2.24, 2.45) is 32.6 Å². The van der Waals surface area contributed by atoms with Gasteiger partial charge in [-0.05, 0) is 0 Å².